The Labute approximate surface area is 121 Å². The number of fused-ring (bicyclic) bond motifs is 3. The molecule has 1 unspecified atom stereocenters. The molecule has 1 atom stereocenters. The van der Waals surface area contributed by atoms with E-state index in [0.29, 0.717) is 12.2 Å². The second-order valence-electron chi connectivity index (χ2n) is 5.11. The first-order valence-electron chi connectivity index (χ1n) is 6.95. The third-order valence-electron chi connectivity index (χ3n) is 3.94. The Morgan fingerprint density at radius 2 is 2.38 bits per heavy atom. The van der Waals surface area contributed by atoms with Gasteiger partial charge in [-0.3, -0.25) is 20.9 Å². The zero-order valence-corrected chi connectivity index (χ0v) is 11.7. The van der Waals surface area contributed by atoms with Crippen LogP contribution in [0.25, 0.3) is 10.9 Å². The highest BCUT2D eigenvalue weighted by Crippen LogP contribution is 2.38. The second-order valence-corrected chi connectivity index (χ2v) is 5.11. The SMILES string of the molecule is CCOC(=O)C1CCc2c1[nH]c1ccc(C(=N)NO)cc21. The van der Waals surface area contributed by atoms with Crippen molar-refractivity contribution in [1.82, 2.24) is 10.5 Å². The van der Waals surface area contributed by atoms with Crippen molar-refractivity contribution in [2.24, 2.45) is 0 Å². The normalized spacial score (nSPS) is 16.8. The van der Waals surface area contributed by atoms with Gasteiger partial charge in [0.25, 0.3) is 0 Å². The van der Waals surface area contributed by atoms with E-state index in [9.17, 15) is 4.79 Å². The fourth-order valence-electron chi connectivity index (χ4n) is 2.97. The lowest BCUT2D eigenvalue weighted by Gasteiger charge is -2.08. The molecule has 1 aliphatic rings. The van der Waals surface area contributed by atoms with Crippen LogP contribution in [0.4, 0.5) is 0 Å². The van der Waals surface area contributed by atoms with Gasteiger partial charge in [0.05, 0.1) is 12.5 Å². The molecule has 2 aromatic rings. The maximum Gasteiger partial charge on any atom is 0.314 e. The standard InChI is InChI=1S/C15H17N3O3/c1-2-21-15(19)10-5-4-9-11-7-8(14(16)18-20)3-6-12(11)17-13(9)10/h3,6-7,10,17,20H,2,4-5H2,1H3,(H2,16,18). The third kappa shape index (κ3) is 2.17. The van der Waals surface area contributed by atoms with E-state index in [1.54, 1.807) is 13.0 Å². The van der Waals surface area contributed by atoms with Gasteiger partial charge in [-0.1, -0.05) is 0 Å². The highest BCUT2D eigenvalue weighted by atomic mass is 16.5. The lowest BCUT2D eigenvalue weighted by Crippen LogP contribution is -2.18. The highest BCUT2D eigenvalue weighted by Gasteiger charge is 2.32. The summed E-state index contributed by atoms with van der Waals surface area (Å²) >= 11 is 0. The first kappa shape index (κ1) is 13.6. The van der Waals surface area contributed by atoms with Crippen molar-refractivity contribution in [3.8, 4) is 0 Å². The Balaban J connectivity index is 2.03. The van der Waals surface area contributed by atoms with Crippen molar-refractivity contribution in [2.45, 2.75) is 25.7 Å². The zero-order chi connectivity index (χ0) is 15.0. The molecular weight excluding hydrogens is 270 g/mol. The van der Waals surface area contributed by atoms with Gasteiger partial charge in [-0.05, 0) is 43.5 Å². The lowest BCUT2D eigenvalue weighted by atomic mass is 10.1. The number of rotatable bonds is 3. The molecule has 0 radical (unpaired) electrons. The number of amidine groups is 1. The summed E-state index contributed by atoms with van der Waals surface area (Å²) in [6.07, 6.45) is 1.55. The van der Waals surface area contributed by atoms with E-state index in [4.69, 9.17) is 15.4 Å². The summed E-state index contributed by atoms with van der Waals surface area (Å²) in [5.41, 5.74) is 5.41. The quantitative estimate of drug-likeness (QED) is 0.300. The van der Waals surface area contributed by atoms with E-state index >= 15 is 0 Å². The molecule has 0 saturated carbocycles. The molecule has 1 heterocycles. The van der Waals surface area contributed by atoms with E-state index in [1.165, 1.54) is 0 Å². The molecule has 110 valence electrons. The monoisotopic (exact) mass is 287 g/mol. The van der Waals surface area contributed by atoms with Crippen molar-refractivity contribution >= 4 is 22.7 Å². The number of aromatic amines is 1. The Kier molecular flexibility index (Phi) is 3.39. The summed E-state index contributed by atoms with van der Waals surface area (Å²) in [5.74, 6) is -0.467. The number of aryl methyl sites for hydroxylation is 1. The minimum Gasteiger partial charge on any atom is -0.465 e. The molecule has 3 rings (SSSR count). The van der Waals surface area contributed by atoms with Crippen LogP contribution in [0.2, 0.25) is 0 Å². The largest absolute Gasteiger partial charge is 0.465 e. The summed E-state index contributed by atoms with van der Waals surface area (Å²) < 4.78 is 5.12. The first-order valence-corrected chi connectivity index (χ1v) is 6.95. The molecule has 0 bridgehead atoms. The molecule has 0 aliphatic heterocycles. The maximum absolute atomic E-state index is 12.0. The molecule has 4 N–H and O–H groups in total. The van der Waals surface area contributed by atoms with Gasteiger partial charge in [-0.2, -0.15) is 0 Å². The number of carbonyl (C=O) groups is 1. The van der Waals surface area contributed by atoms with Crippen LogP contribution in [-0.2, 0) is 16.0 Å². The number of hydroxylamine groups is 1. The van der Waals surface area contributed by atoms with Crippen LogP contribution in [0.5, 0.6) is 0 Å². The van der Waals surface area contributed by atoms with E-state index in [1.807, 2.05) is 17.6 Å². The fraction of sp³-hybridized carbons (Fsp3) is 0.333. The summed E-state index contributed by atoms with van der Waals surface area (Å²) in [4.78, 5) is 15.3. The van der Waals surface area contributed by atoms with E-state index in [0.717, 1.165) is 35.0 Å². The van der Waals surface area contributed by atoms with Crippen LogP contribution in [0.1, 0.15) is 36.1 Å². The number of benzene rings is 1. The van der Waals surface area contributed by atoms with Crippen LogP contribution in [0.3, 0.4) is 0 Å². The van der Waals surface area contributed by atoms with Crippen LogP contribution in [-0.4, -0.2) is 28.6 Å². The number of aromatic nitrogens is 1. The summed E-state index contributed by atoms with van der Waals surface area (Å²) in [6, 6.07) is 5.46. The van der Waals surface area contributed by atoms with E-state index < -0.39 is 0 Å². The van der Waals surface area contributed by atoms with Crippen molar-refractivity contribution in [1.29, 1.82) is 5.41 Å². The first-order chi connectivity index (χ1) is 10.2. The molecule has 1 aromatic heterocycles. The Morgan fingerprint density at radius 1 is 1.57 bits per heavy atom. The zero-order valence-electron chi connectivity index (χ0n) is 11.7. The van der Waals surface area contributed by atoms with Crippen molar-refractivity contribution < 1.29 is 14.7 Å². The molecule has 1 aliphatic carbocycles. The van der Waals surface area contributed by atoms with E-state index in [-0.39, 0.29) is 17.7 Å². The average Bonchev–Trinajstić information content (AvgIpc) is 3.04. The number of ether oxygens (including phenoxy) is 1. The fourth-order valence-corrected chi connectivity index (χ4v) is 2.97. The van der Waals surface area contributed by atoms with Gasteiger partial charge < -0.3 is 9.72 Å². The minimum atomic E-state index is -0.230. The predicted octanol–water partition coefficient (Wildman–Crippen LogP) is 2.06. The molecule has 6 nitrogen and oxygen atoms in total. The van der Waals surface area contributed by atoms with Crippen LogP contribution >= 0.6 is 0 Å². The molecule has 6 heteroatoms. The molecule has 0 spiro atoms. The van der Waals surface area contributed by atoms with Gasteiger partial charge in [0.2, 0.25) is 0 Å². The number of H-pyrrole nitrogens is 1. The topological polar surface area (TPSA) is 98.2 Å². The summed E-state index contributed by atoms with van der Waals surface area (Å²) in [5, 5.41) is 17.5. The van der Waals surface area contributed by atoms with Crippen LogP contribution in [0, 0.1) is 5.41 Å². The maximum atomic E-state index is 12.0. The Morgan fingerprint density at radius 3 is 3.10 bits per heavy atom. The number of hydrogen-bond acceptors (Lipinski definition) is 4. The number of carbonyl (C=O) groups excluding carboxylic acids is 1. The molecule has 0 amide bonds. The van der Waals surface area contributed by atoms with Crippen molar-refractivity contribution in [3.05, 3.63) is 35.0 Å². The molecule has 0 fully saturated rings. The number of hydrogen-bond donors (Lipinski definition) is 4. The molecule has 1 aromatic carbocycles. The minimum absolute atomic E-state index is 0.0493. The van der Waals surface area contributed by atoms with Gasteiger partial charge >= 0.3 is 5.97 Å². The van der Waals surface area contributed by atoms with E-state index in [2.05, 4.69) is 4.98 Å². The average molecular weight is 287 g/mol. The van der Waals surface area contributed by atoms with Crippen LogP contribution < -0.4 is 5.48 Å². The van der Waals surface area contributed by atoms with Crippen LogP contribution in [0.15, 0.2) is 18.2 Å². The number of nitrogens with one attached hydrogen (secondary N) is 3. The smallest absolute Gasteiger partial charge is 0.314 e. The van der Waals surface area contributed by atoms with Gasteiger partial charge in [0.1, 0.15) is 5.84 Å². The summed E-state index contributed by atoms with van der Waals surface area (Å²) in [6.45, 7) is 2.19. The second kappa shape index (κ2) is 5.21. The third-order valence-corrected chi connectivity index (χ3v) is 3.94. The Bertz CT molecular complexity index is 720. The van der Waals surface area contributed by atoms with Gasteiger partial charge in [-0.25, -0.2) is 0 Å². The molecule has 0 saturated heterocycles. The van der Waals surface area contributed by atoms with Crippen molar-refractivity contribution in [3.63, 3.8) is 0 Å². The molecule has 21 heavy (non-hydrogen) atoms. The number of esters is 1. The summed E-state index contributed by atoms with van der Waals surface area (Å²) in [7, 11) is 0. The van der Waals surface area contributed by atoms with Gasteiger partial charge in [0.15, 0.2) is 0 Å². The lowest BCUT2D eigenvalue weighted by molar-refractivity contribution is -0.144. The predicted molar refractivity (Wildman–Crippen MR) is 77.7 cm³/mol. The van der Waals surface area contributed by atoms with Gasteiger partial charge in [0, 0.05) is 22.2 Å². The Hall–Kier alpha value is -2.34. The van der Waals surface area contributed by atoms with Crippen molar-refractivity contribution in [2.75, 3.05) is 6.61 Å². The molecular formula is C15H17N3O3. The highest BCUT2D eigenvalue weighted by molar-refractivity contribution is 6.00. The van der Waals surface area contributed by atoms with Gasteiger partial charge in [-0.15, -0.1) is 0 Å².